The van der Waals surface area contributed by atoms with Crippen molar-refractivity contribution in [3.8, 4) is 11.6 Å². The first kappa shape index (κ1) is 22.3. The van der Waals surface area contributed by atoms with E-state index < -0.39 is 0 Å². The van der Waals surface area contributed by atoms with Crippen molar-refractivity contribution < 1.29 is 24.2 Å². The molecule has 1 saturated carbocycles. The molecule has 0 bridgehead atoms. The number of hydrogen-bond acceptors (Lipinski definition) is 8. The summed E-state index contributed by atoms with van der Waals surface area (Å²) in [5, 5.41) is 24.8. The minimum atomic E-state index is -0.307. The van der Waals surface area contributed by atoms with E-state index in [-0.39, 0.29) is 24.5 Å². The van der Waals surface area contributed by atoms with Gasteiger partial charge in [0.05, 0.1) is 18.1 Å². The first-order valence-corrected chi connectivity index (χ1v) is 10.7. The standard InChI is InChI=1S/C18H25N5O3S.CH2O2/c1-22(2)13-6-11-8-23(9-12(11)7-14(13)24)16(25)10-27-18-19-17(20-21-18)15-4-3-5-26-15;2-1-3/h3-5,11-14,24H,6-10H2,1-2H3,(H,19,20,21);1H,(H,2,3)/t11-,12+,13-,14-;/m1./s1. The summed E-state index contributed by atoms with van der Waals surface area (Å²) in [7, 11) is 4.02. The number of aliphatic hydroxyl groups is 1. The molecule has 2 aromatic rings. The van der Waals surface area contributed by atoms with Crippen molar-refractivity contribution in [2.45, 2.75) is 30.1 Å². The molecule has 3 N–H and O–H groups in total. The maximum Gasteiger partial charge on any atom is 0.290 e. The quantitative estimate of drug-likeness (QED) is 0.462. The average molecular weight is 438 g/mol. The minimum Gasteiger partial charge on any atom is -0.483 e. The second-order valence-electron chi connectivity index (χ2n) is 7.73. The van der Waals surface area contributed by atoms with E-state index in [9.17, 15) is 9.90 Å². The van der Waals surface area contributed by atoms with E-state index >= 15 is 0 Å². The van der Waals surface area contributed by atoms with Crippen molar-refractivity contribution in [3.05, 3.63) is 18.4 Å². The van der Waals surface area contributed by atoms with Crippen LogP contribution in [0.4, 0.5) is 0 Å². The highest BCUT2D eigenvalue weighted by molar-refractivity contribution is 7.99. The minimum absolute atomic E-state index is 0.106. The number of nitrogens with one attached hydrogen (secondary N) is 1. The molecule has 30 heavy (non-hydrogen) atoms. The Balaban J connectivity index is 0.000000806. The molecule has 4 atom stereocenters. The van der Waals surface area contributed by atoms with Gasteiger partial charge in [-0.2, -0.15) is 4.98 Å². The van der Waals surface area contributed by atoms with E-state index in [1.165, 1.54) is 11.8 Å². The normalized spacial score (nSPS) is 25.5. The molecule has 164 valence electrons. The SMILES string of the molecule is CN(C)[C@@H]1C[C@@H]2CN(C(=O)CSc3n[nH]c(-c4ccco4)n3)C[C@@H]2C[C@H]1O.O=CO. The van der Waals surface area contributed by atoms with Gasteiger partial charge in [-0.05, 0) is 50.9 Å². The van der Waals surface area contributed by atoms with Crippen LogP contribution in [0.15, 0.2) is 28.0 Å². The summed E-state index contributed by atoms with van der Waals surface area (Å²) in [5.74, 6) is 2.48. The van der Waals surface area contributed by atoms with Crippen LogP contribution < -0.4 is 0 Å². The number of thioether (sulfide) groups is 1. The second kappa shape index (κ2) is 10.1. The number of carbonyl (C=O) groups excluding carboxylic acids is 1. The fraction of sp³-hybridized carbons (Fsp3) is 0.579. The molecule has 10 nitrogen and oxygen atoms in total. The zero-order valence-corrected chi connectivity index (χ0v) is 17.8. The van der Waals surface area contributed by atoms with Crippen molar-refractivity contribution in [3.63, 3.8) is 0 Å². The van der Waals surface area contributed by atoms with Gasteiger partial charge in [-0.1, -0.05) is 11.8 Å². The molecule has 3 heterocycles. The highest BCUT2D eigenvalue weighted by Crippen LogP contribution is 2.38. The van der Waals surface area contributed by atoms with Gasteiger partial charge < -0.3 is 24.4 Å². The molecule has 1 saturated heterocycles. The third-order valence-electron chi connectivity index (χ3n) is 5.67. The van der Waals surface area contributed by atoms with Gasteiger partial charge in [0.2, 0.25) is 11.1 Å². The number of furan rings is 1. The Morgan fingerprint density at radius 3 is 2.73 bits per heavy atom. The Hall–Kier alpha value is -2.37. The van der Waals surface area contributed by atoms with E-state index in [1.54, 1.807) is 12.3 Å². The van der Waals surface area contributed by atoms with Crippen molar-refractivity contribution >= 4 is 24.1 Å². The predicted octanol–water partition coefficient (Wildman–Crippen LogP) is 1.02. The third-order valence-corrected chi connectivity index (χ3v) is 6.50. The average Bonchev–Trinajstić information content (AvgIpc) is 3.45. The van der Waals surface area contributed by atoms with E-state index in [0.717, 1.165) is 25.9 Å². The number of carboxylic acid groups (broad SMARTS) is 1. The molecule has 0 aromatic carbocycles. The molecule has 1 aliphatic carbocycles. The number of rotatable bonds is 5. The molecule has 11 heteroatoms. The molecular formula is C19H27N5O5S. The first-order valence-electron chi connectivity index (χ1n) is 9.72. The number of likely N-dealkylation sites (tertiary alicyclic amines) is 1. The van der Waals surface area contributed by atoms with Gasteiger partial charge in [-0.25, -0.2) is 0 Å². The number of H-pyrrole nitrogens is 1. The molecule has 4 rings (SSSR count). The summed E-state index contributed by atoms with van der Waals surface area (Å²) >= 11 is 1.33. The van der Waals surface area contributed by atoms with Crippen LogP contribution in [0.3, 0.4) is 0 Å². The third kappa shape index (κ3) is 5.21. The van der Waals surface area contributed by atoms with E-state index in [0.29, 0.717) is 34.3 Å². The summed E-state index contributed by atoms with van der Waals surface area (Å²) in [6.07, 6.45) is 3.00. The Bertz CT molecular complexity index is 827. The van der Waals surface area contributed by atoms with Crippen molar-refractivity contribution in [2.75, 3.05) is 32.9 Å². The number of hydrogen-bond donors (Lipinski definition) is 3. The molecule has 2 aromatic heterocycles. The number of carbonyl (C=O) groups is 2. The van der Waals surface area contributed by atoms with Crippen molar-refractivity contribution in [2.24, 2.45) is 11.8 Å². The zero-order chi connectivity index (χ0) is 21.7. The van der Waals surface area contributed by atoms with Gasteiger partial charge in [0.1, 0.15) is 0 Å². The number of fused-ring (bicyclic) bond motifs is 1. The highest BCUT2D eigenvalue weighted by atomic mass is 32.2. The van der Waals surface area contributed by atoms with Crippen molar-refractivity contribution in [1.29, 1.82) is 0 Å². The van der Waals surface area contributed by atoms with Gasteiger partial charge in [-0.15, -0.1) is 5.10 Å². The number of aliphatic hydroxyl groups excluding tert-OH is 1. The molecule has 2 aliphatic rings. The second-order valence-corrected chi connectivity index (χ2v) is 8.67. The molecule has 1 amide bonds. The molecule has 0 radical (unpaired) electrons. The summed E-state index contributed by atoms with van der Waals surface area (Å²) in [6.45, 7) is 1.28. The Morgan fingerprint density at radius 2 is 2.10 bits per heavy atom. The topological polar surface area (TPSA) is 136 Å². The summed E-state index contributed by atoms with van der Waals surface area (Å²) in [4.78, 5) is 29.4. The lowest BCUT2D eigenvalue weighted by molar-refractivity contribution is -0.127. The monoisotopic (exact) mass is 437 g/mol. The highest BCUT2D eigenvalue weighted by Gasteiger charge is 2.43. The Kier molecular flexibility index (Phi) is 7.51. The molecular weight excluding hydrogens is 410 g/mol. The van der Waals surface area contributed by atoms with Gasteiger partial charge in [0.15, 0.2) is 11.6 Å². The Labute approximate surface area is 178 Å². The number of aromatic amines is 1. The van der Waals surface area contributed by atoms with E-state index in [2.05, 4.69) is 20.1 Å². The Morgan fingerprint density at radius 1 is 1.40 bits per heavy atom. The molecule has 0 unspecified atom stereocenters. The maximum absolute atomic E-state index is 12.6. The van der Waals surface area contributed by atoms with E-state index in [1.807, 2.05) is 25.1 Å². The lowest BCUT2D eigenvalue weighted by Gasteiger charge is -2.38. The zero-order valence-electron chi connectivity index (χ0n) is 17.0. The fourth-order valence-electron chi connectivity index (χ4n) is 4.22. The predicted molar refractivity (Wildman–Crippen MR) is 110 cm³/mol. The van der Waals surface area contributed by atoms with Crippen LogP contribution in [0, 0.1) is 11.8 Å². The van der Waals surface area contributed by atoms with Crippen LogP contribution in [-0.4, -0.2) is 92.7 Å². The number of nitrogens with zero attached hydrogens (tertiary/aromatic N) is 4. The van der Waals surface area contributed by atoms with Crippen LogP contribution in [0.2, 0.25) is 0 Å². The lowest BCUT2D eigenvalue weighted by Crippen LogP contribution is -2.46. The van der Waals surface area contributed by atoms with Gasteiger partial charge >= 0.3 is 0 Å². The van der Waals surface area contributed by atoms with Crippen LogP contribution in [0.1, 0.15) is 12.8 Å². The maximum atomic E-state index is 12.6. The number of aromatic nitrogens is 3. The van der Waals surface area contributed by atoms with Crippen LogP contribution in [-0.2, 0) is 9.59 Å². The fourth-order valence-corrected chi connectivity index (χ4v) is 4.92. The number of likely N-dealkylation sites (N-methyl/N-ethyl adjacent to an activating group) is 1. The summed E-state index contributed by atoms with van der Waals surface area (Å²) < 4.78 is 5.29. The lowest BCUT2D eigenvalue weighted by atomic mass is 9.77. The van der Waals surface area contributed by atoms with Crippen molar-refractivity contribution in [1.82, 2.24) is 25.0 Å². The molecule has 0 spiro atoms. The summed E-state index contributed by atoms with van der Waals surface area (Å²) in [6, 6.07) is 3.78. The smallest absolute Gasteiger partial charge is 0.290 e. The molecule has 1 aliphatic heterocycles. The van der Waals surface area contributed by atoms with Crippen LogP contribution in [0.5, 0.6) is 0 Å². The first-order chi connectivity index (χ1) is 14.4. The van der Waals surface area contributed by atoms with E-state index in [4.69, 9.17) is 14.3 Å². The molecule has 2 fully saturated rings. The van der Waals surface area contributed by atoms with Crippen LogP contribution >= 0.6 is 11.8 Å². The number of amides is 1. The van der Waals surface area contributed by atoms with Gasteiger partial charge in [-0.3, -0.25) is 14.7 Å². The van der Waals surface area contributed by atoms with Gasteiger partial charge in [0, 0.05) is 19.1 Å². The van der Waals surface area contributed by atoms with Crippen LogP contribution in [0.25, 0.3) is 11.6 Å². The largest absolute Gasteiger partial charge is 0.483 e. The summed E-state index contributed by atoms with van der Waals surface area (Å²) in [5.41, 5.74) is 0. The van der Waals surface area contributed by atoms with Gasteiger partial charge in [0.25, 0.3) is 6.47 Å².